The molecule has 2 fully saturated rings. The maximum atomic E-state index is 12.6. The van der Waals surface area contributed by atoms with Gasteiger partial charge in [-0.15, -0.1) is 0 Å². The molecule has 35 heavy (non-hydrogen) atoms. The van der Waals surface area contributed by atoms with Crippen LogP contribution in [0.4, 0.5) is 4.79 Å². The number of alkyl carbamates (subject to hydrolysis) is 1. The third-order valence-electron chi connectivity index (χ3n) is 8.08. The fourth-order valence-corrected chi connectivity index (χ4v) is 6.23. The first kappa shape index (κ1) is 23.4. The van der Waals surface area contributed by atoms with Gasteiger partial charge in [0, 0.05) is 32.0 Å². The van der Waals surface area contributed by atoms with Crippen molar-refractivity contribution in [3.63, 3.8) is 0 Å². The van der Waals surface area contributed by atoms with Crippen molar-refractivity contribution in [2.45, 2.75) is 44.4 Å². The van der Waals surface area contributed by atoms with Crippen LogP contribution < -0.4 is 5.32 Å². The number of likely N-dealkylation sites (tertiary alicyclic amines) is 1. The molecule has 184 valence electrons. The molecule has 0 spiro atoms. The molecule has 7 heteroatoms. The molecule has 7 nitrogen and oxygen atoms in total. The molecule has 2 N–H and O–H groups in total. The van der Waals surface area contributed by atoms with Gasteiger partial charge in [0.25, 0.3) is 0 Å². The number of amides is 2. The van der Waals surface area contributed by atoms with Gasteiger partial charge in [0.2, 0.25) is 5.91 Å². The average molecular weight is 477 g/mol. The lowest BCUT2D eigenvalue weighted by molar-refractivity contribution is -0.149. The van der Waals surface area contributed by atoms with Crippen molar-refractivity contribution in [3.05, 3.63) is 59.7 Å². The second kappa shape index (κ2) is 9.72. The Bertz CT molecular complexity index is 1090. The van der Waals surface area contributed by atoms with Crippen molar-refractivity contribution in [3.8, 4) is 11.1 Å². The molecule has 2 aromatic carbocycles. The Morgan fingerprint density at radius 2 is 1.71 bits per heavy atom. The number of fused-ring (bicyclic) bond motifs is 4. The highest BCUT2D eigenvalue weighted by molar-refractivity contribution is 5.81. The topological polar surface area (TPSA) is 95.9 Å². The third-order valence-corrected chi connectivity index (χ3v) is 8.08. The van der Waals surface area contributed by atoms with E-state index in [0.717, 1.165) is 12.8 Å². The summed E-state index contributed by atoms with van der Waals surface area (Å²) in [5, 5.41) is 12.5. The van der Waals surface area contributed by atoms with E-state index in [0.29, 0.717) is 45.3 Å². The van der Waals surface area contributed by atoms with Crippen molar-refractivity contribution in [1.29, 1.82) is 0 Å². The summed E-state index contributed by atoms with van der Waals surface area (Å²) in [6.45, 7) is 1.61. The molecule has 0 radical (unpaired) electrons. The van der Waals surface area contributed by atoms with E-state index in [4.69, 9.17) is 4.74 Å². The molecule has 3 aliphatic rings. The summed E-state index contributed by atoms with van der Waals surface area (Å²) in [6, 6.07) is 16.4. The summed E-state index contributed by atoms with van der Waals surface area (Å²) in [4.78, 5) is 38.4. The Morgan fingerprint density at radius 3 is 2.37 bits per heavy atom. The van der Waals surface area contributed by atoms with Gasteiger partial charge < -0.3 is 20.1 Å². The highest BCUT2D eigenvalue weighted by Crippen LogP contribution is 2.49. The summed E-state index contributed by atoms with van der Waals surface area (Å²) >= 11 is 0. The number of aliphatic carboxylic acids is 1. The molecule has 1 saturated carbocycles. The number of rotatable bonds is 8. The van der Waals surface area contributed by atoms with Crippen molar-refractivity contribution >= 4 is 18.0 Å². The molecule has 2 atom stereocenters. The number of benzene rings is 2. The molecule has 2 aliphatic carbocycles. The number of carbonyl (C=O) groups excluding carboxylic acids is 2. The lowest BCUT2D eigenvalue weighted by Gasteiger charge is -2.23. The quantitative estimate of drug-likeness (QED) is 0.551. The van der Waals surface area contributed by atoms with Gasteiger partial charge in [0.05, 0.1) is 5.41 Å². The lowest BCUT2D eigenvalue weighted by Crippen LogP contribution is -2.37. The van der Waals surface area contributed by atoms with Crippen LogP contribution >= 0.6 is 0 Å². The number of carboxylic acid groups (broad SMARTS) is 1. The Balaban J connectivity index is 1.03. The van der Waals surface area contributed by atoms with E-state index in [9.17, 15) is 19.5 Å². The summed E-state index contributed by atoms with van der Waals surface area (Å²) in [5.74, 6) is -0.636. The van der Waals surface area contributed by atoms with Crippen molar-refractivity contribution in [2.75, 3.05) is 26.2 Å². The molecule has 0 bridgehead atoms. The first-order valence-corrected chi connectivity index (χ1v) is 12.6. The van der Waals surface area contributed by atoms with Crippen LogP contribution in [0.5, 0.6) is 0 Å². The minimum atomic E-state index is -0.761. The van der Waals surface area contributed by atoms with Gasteiger partial charge >= 0.3 is 12.1 Å². The molecule has 1 heterocycles. The second-order valence-corrected chi connectivity index (χ2v) is 10.0. The first-order valence-electron chi connectivity index (χ1n) is 12.6. The maximum Gasteiger partial charge on any atom is 0.407 e. The van der Waals surface area contributed by atoms with Gasteiger partial charge in [-0.1, -0.05) is 55.0 Å². The van der Waals surface area contributed by atoms with Gasteiger partial charge in [-0.3, -0.25) is 9.59 Å². The average Bonchev–Trinajstić information content (AvgIpc) is 3.52. The zero-order valence-electron chi connectivity index (χ0n) is 19.9. The van der Waals surface area contributed by atoms with E-state index in [1.54, 1.807) is 4.90 Å². The minimum Gasteiger partial charge on any atom is -0.481 e. The number of ether oxygens (including phenoxy) is 1. The molecule has 0 aromatic heterocycles. The SMILES string of the molecule is O=C(NCCCCC(=O)N1C[C@@H]2CCC[C@]2(C(=O)O)C1)OCC1c2ccccc2-c2ccccc21. The van der Waals surface area contributed by atoms with Crippen LogP contribution in [-0.2, 0) is 14.3 Å². The summed E-state index contributed by atoms with van der Waals surface area (Å²) in [5.41, 5.74) is 4.00. The number of unbranched alkanes of at least 4 members (excludes halogenated alkanes) is 1. The van der Waals surface area contributed by atoms with E-state index < -0.39 is 17.5 Å². The molecule has 2 amide bonds. The van der Waals surface area contributed by atoms with Gasteiger partial charge in [0.15, 0.2) is 0 Å². The molecular formula is C28H32N2O5. The van der Waals surface area contributed by atoms with Gasteiger partial charge in [-0.25, -0.2) is 4.79 Å². The molecule has 0 unspecified atom stereocenters. The first-order chi connectivity index (χ1) is 17.0. The van der Waals surface area contributed by atoms with E-state index in [2.05, 4.69) is 29.6 Å². The summed E-state index contributed by atoms with van der Waals surface area (Å²) in [7, 11) is 0. The van der Waals surface area contributed by atoms with E-state index >= 15 is 0 Å². The largest absolute Gasteiger partial charge is 0.481 e. The fourth-order valence-electron chi connectivity index (χ4n) is 6.23. The Kier molecular flexibility index (Phi) is 6.50. The highest BCUT2D eigenvalue weighted by Gasteiger charge is 2.55. The van der Waals surface area contributed by atoms with Crippen LogP contribution in [0.25, 0.3) is 11.1 Å². The number of hydrogen-bond acceptors (Lipinski definition) is 4. The molecule has 5 rings (SSSR count). The number of nitrogens with zero attached hydrogens (tertiary/aromatic N) is 1. The number of hydrogen-bond donors (Lipinski definition) is 2. The third kappa shape index (κ3) is 4.40. The zero-order valence-corrected chi connectivity index (χ0v) is 19.9. The van der Waals surface area contributed by atoms with E-state index in [1.165, 1.54) is 22.3 Å². The molecular weight excluding hydrogens is 444 g/mol. The normalized spacial score (nSPS) is 22.4. The monoisotopic (exact) mass is 476 g/mol. The smallest absolute Gasteiger partial charge is 0.407 e. The Labute approximate surface area is 205 Å². The Hall–Kier alpha value is -3.35. The van der Waals surface area contributed by atoms with Crippen molar-refractivity contribution in [1.82, 2.24) is 10.2 Å². The Morgan fingerprint density at radius 1 is 1.03 bits per heavy atom. The maximum absolute atomic E-state index is 12.6. The number of carbonyl (C=O) groups is 3. The van der Waals surface area contributed by atoms with Crippen LogP contribution in [0, 0.1) is 11.3 Å². The molecule has 1 aliphatic heterocycles. The van der Waals surface area contributed by atoms with Crippen LogP contribution in [-0.4, -0.2) is 54.2 Å². The van der Waals surface area contributed by atoms with E-state index in [-0.39, 0.29) is 24.3 Å². The second-order valence-electron chi connectivity index (χ2n) is 10.0. The standard InChI is InChI=1S/C28H32N2O5/c31-25(30-16-19-8-7-14-28(19,18-30)26(32)33)13-5-6-15-29-27(34)35-17-24-22-11-3-1-9-20(22)21-10-2-4-12-23(21)24/h1-4,9-12,19,24H,5-8,13-18H2,(H,29,34)(H,32,33)/t19-,28-/m0/s1. The van der Waals surface area contributed by atoms with Gasteiger partial charge in [-0.2, -0.15) is 0 Å². The molecule has 1 saturated heterocycles. The van der Waals surface area contributed by atoms with Crippen LogP contribution in [0.15, 0.2) is 48.5 Å². The van der Waals surface area contributed by atoms with Gasteiger partial charge in [0.1, 0.15) is 6.61 Å². The minimum absolute atomic E-state index is 0.0150. The van der Waals surface area contributed by atoms with Crippen molar-refractivity contribution < 1.29 is 24.2 Å². The highest BCUT2D eigenvalue weighted by atomic mass is 16.5. The zero-order chi connectivity index (χ0) is 24.4. The fraction of sp³-hybridized carbons (Fsp3) is 0.464. The van der Waals surface area contributed by atoms with Crippen molar-refractivity contribution in [2.24, 2.45) is 11.3 Å². The van der Waals surface area contributed by atoms with Crippen LogP contribution in [0.3, 0.4) is 0 Å². The number of carboxylic acids is 1. The predicted molar refractivity (Wildman–Crippen MR) is 131 cm³/mol. The number of nitrogens with one attached hydrogen (secondary N) is 1. The van der Waals surface area contributed by atoms with Crippen LogP contribution in [0.1, 0.15) is 55.6 Å². The lowest BCUT2D eigenvalue weighted by atomic mass is 9.81. The van der Waals surface area contributed by atoms with Gasteiger partial charge in [-0.05, 0) is 53.9 Å². The predicted octanol–water partition coefficient (Wildman–Crippen LogP) is 4.41. The van der Waals surface area contributed by atoms with E-state index in [1.807, 2.05) is 24.3 Å². The summed E-state index contributed by atoms with van der Waals surface area (Å²) < 4.78 is 5.54. The molecule has 2 aromatic rings. The van der Waals surface area contributed by atoms with Crippen LogP contribution in [0.2, 0.25) is 0 Å². The summed E-state index contributed by atoms with van der Waals surface area (Å²) in [6.07, 6.45) is 3.71.